The van der Waals surface area contributed by atoms with Gasteiger partial charge in [-0.15, -0.1) is 0 Å². The first-order valence-corrected chi connectivity index (χ1v) is 8.32. The zero-order valence-corrected chi connectivity index (χ0v) is 14.2. The van der Waals surface area contributed by atoms with Crippen LogP contribution in [-0.2, 0) is 0 Å². The van der Waals surface area contributed by atoms with Gasteiger partial charge in [-0.3, -0.25) is 4.79 Å². The highest BCUT2D eigenvalue weighted by Gasteiger charge is 2.12. The maximum atomic E-state index is 12.4. The number of aryl methyl sites for hydroxylation is 1. The molecule has 1 aromatic heterocycles. The topological polar surface area (TPSA) is 51.5 Å². The van der Waals surface area contributed by atoms with E-state index in [2.05, 4.69) is 5.32 Å². The Bertz CT molecular complexity index is 1010. The summed E-state index contributed by atoms with van der Waals surface area (Å²) in [5.74, 6) is 1.48. The molecule has 0 aliphatic carbocycles. The molecule has 0 atom stereocenters. The van der Waals surface area contributed by atoms with Crippen molar-refractivity contribution in [1.82, 2.24) is 0 Å². The van der Waals surface area contributed by atoms with Gasteiger partial charge in [0.15, 0.2) is 5.76 Å². The minimum Gasteiger partial charge on any atom is -0.457 e. The number of anilines is 1. The number of para-hydroxylation sites is 1. The molecule has 0 spiro atoms. The number of furan rings is 1. The lowest BCUT2D eigenvalue weighted by Crippen LogP contribution is -2.10. The number of ether oxygens (including phenoxy) is 1. The predicted octanol–water partition coefficient (Wildman–Crippen LogP) is 5.79. The van der Waals surface area contributed by atoms with Crippen LogP contribution in [0.5, 0.6) is 11.5 Å². The molecule has 4 nitrogen and oxygen atoms in total. The molecule has 3 aromatic carbocycles. The highest BCUT2D eigenvalue weighted by atomic mass is 16.5. The minimum atomic E-state index is -0.284. The van der Waals surface area contributed by atoms with Gasteiger partial charge in [0.05, 0.1) is 0 Å². The molecule has 128 valence electrons. The Kier molecular flexibility index (Phi) is 4.15. The van der Waals surface area contributed by atoms with E-state index in [4.69, 9.17) is 9.15 Å². The van der Waals surface area contributed by atoms with Crippen LogP contribution in [0.3, 0.4) is 0 Å². The van der Waals surface area contributed by atoms with E-state index in [9.17, 15) is 4.79 Å². The van der Waals surface area contributed by atoms with E-state index in [0.29, 0.717) is 17.0 Å². The Balaban J connectivity index is 1.44. The van der Waals surface area contributed by atoms with Crippen LogP contribution in [0.25, 0.3) is 11.0 Å². The van der Waals surface area contributed by atoms with Crippen LogP contribution in [0, 0.1) is 6.92 Å². The number of amides is 1. The number of nitrogens with one attached hydrogen (secondary N) is 1. The van der Waals surface area contributed by atoms with Crippen molar-refractivity contribution in [2.24, 2.45) is 0 Å². The molecular weight excluding hydrogens is 326 g/mol. The summed E-state index contributed by atoms with van der Waals surface area (Å²) in [6.45, 7) is 2.03. The summed E-state index contributed by atoms with van der Waals surface area (Å²) in [4.78, 5) is 12.4. The van der Waals surface area contributed by atoms with Crippen LogP contribution in [0.2, 0.25) is 0 Å². The third kappa shape index (κ3) is 3.44. The number of fused-ring (bicyclic) bond motifs is 1. The summed E-state index contributed by atoms with van der Waals surface area (Å²) in [6.07, 6.45) is 0. The fourth-order valence-corrected chi connectivity index (χ4v) is 2.64. The number of rotatable bonds is 4. The van der Waals surface area contributed by atoms with E-state index < -0.39 is 0 Å². The molecule has 0 bridgehead atoms. The van der Waals surface area contributed by atoms with E-state index in [0.717, 1.165) is 11.1 Å². The monoisotopic (exact) mass is 343 g/mol. The van der Waals surface area contributed by atoms with Gasteiger partial charge in [-0.1, -0.05) is 35.9 Å². The summed E-state index contributed by atoms with van der Waals surface area (Å²) in [7, 11) is 0. The van der Waals surface area contributed by atoms with Crippen LogP contribution in [-0.4, -0.2) is 5.91 Å². The van der Waals surface area contributed by atoms with E-state index in [-0.39, 0.29) is 11.7 Å². The molecule has 0 radical (unpaired) electrons. The van der Waals surface area contributed by atoms with Gasteiger partial charge in [-0.25, -0.2) is 0 Å². The van der Waals surface area contributed by atoms with E-state index in [1.54, 1.807) is 18.2 Å². The molecule has 26 heavy (non-hydrogen) atoms. The van der Waals surface area contributed by atoms with Crippen molar-refractivity contribution in [3.05, 3.63) is 90.2 Å². The van der Waals surface area contributed by atoms with Gasteiger partial charge in [0.2, 0.25) is 0 Å². The summed E-state index contributed by atoms with van der Waals surface area (Å²) < 4.78 is 11.4. The van der Waals surface area contributed by atoms with E-state index >= 15 is 0 Å². The van der Waals surface area contributed by atoms with Gasteiger partial charge in [0.1, 0.15) is 17.1 Å². The molecule has 4 aromatic rings. The highest BCUT2D eigenvalue weighted by molar-refractivity contribution is 6.04. The summed E-state index contributed by atoms with van der Waals surface area (Å²) in [5.41, 5.74) is 2.55. The van der Waals surface area contributed by atoms with Crippen LogP contribution >= 0.6 is 0 Å². The quantitative estimate of drug-likeness (QED) is 0.510. The van der Waals surface area contributed by atoms with Gasteiger partial charge in [-0.05, 0) is 55.5 Å². The molecule has 4 heteroatoms. The highest BCUT2D eigenvalue weighted by Crippen LogP contribution is 2.24. The average molecular weight is 343 g/mol. The second-order valence-electron chi connectivity index (χ2n) is 6.04. The van der Waals surface area contributed by atoms with Gasteiger partial charge in [0, 0.05) is 11.1 Å². The SMILES string of the molecule is Cc1ccc(Oc2ccc(NC(=O)c3cc4ccccc4o3)cc2)cc1. The first kappa shape index (κ1) is 16.0. The molecular formula is C22H17NO3. The van der Waals surface area contributed by atoms with Crippen molar-refractivity contribution in [2.45, 2.75) is 6.92 Å². The Labute approximate surface area is 151 Å². The zero-order chi connectivity index (χ0) is 17.9. The molecule has 0 saturated carbocycles. The minimum absolute atomic E-state index is 0.284. The summed E-state index contributed by atoms with van der Waals surface area (Å²) in [6, 6.07) is 24.3. The van der Waals surface area contributed by atoms with Crippen molar-refractivity contribution < 1.29 is 13.9 Å². The van der Waals surface area contributed by atoms with Crippen molar-refractivity contribution in [3.8, 4) is 11.5 Å². The molecule has 1 heterocycles. The lowest BCUT2D eigenvalue weighted by Gasteiger charge is -2.07. The fraction of sp³-hybridized carbons (Fsp3) is 0.0455. The van der Waals surface area contributed by atoms with Crippen LogP contribution < -0.4 is 10.1 Å². The van der Waals surface area contributed by atoms with E-state index in [1.807, 2.05) is 67.6 Å². The maximum Gasteiger partial charge on any atom is 0.291 e. The van der Waals surface area contributed by atoms with E-state index in [1.165, 1.54) is 5.56 Å². The standard InChI is InChI=1S/C22H17NO3/c1-15-6-10-18(11-7-15)25-19-12-8-17(9-13-19)23-22(24)21-14-16-4-2-3-5-20(16)26-21/h2-14H,1H3,(H,23,24). The number of carbonyl (C=O) groups is 1. The lowest BCUT2D eigenvalue weighted by atomic mass is 10.2. The summed E-state index contributed by atoms with van der Waals surface area (Å²) in [5, 5.41) is 3.73. The third-order valence-corrected chi connectivity index (χ3v) is 4.02. The second kappa shape index (κ2) is 6.76. The Morgan fingerprint density at radius 3 is 2.23 bits per heavy atom. The van der Waals surface area contributed by atoms with Gasteiger partial charge >= 0.3 is 0 Å². The van der Waals surface area contributed by atoms with Crippen LogP contribution in [0.4, 0.5) is 5.69 Å². The Hall–Kier alpha value is -3.53. The van der Waals surface area contributed by atoms with Crippen molar-refractivity contribution >= 4 is 22.6 Å². The van der Waals surface area contributed by atoms with Gasteiger partial charge in [-0.2, -0.15) is 0 Å². The molecule has 0 aliphatic heterocycles. The fourth-order valence-electron chi connectivity index (χ4n) is 2.64. The molecule has 0 fully saturated rings. The van der Waals surface area contributed by atoms with Crippen molar-refractivity contribution in [2.75, 3.05) is 5.32 Å². The Morgan fingerprint density at radius 1 is 0.885 bits per heavy atom. The molecule has 1 N–H and O–H groups in total. The second-order valence-corrected chi connectivity index (χ2v) is 6.04. The first-order chi connectivity index (χ1) is 12.7. The van der Waals surface area contributed by atoms with Crippen LogP contribution in [0.15, 0.2) is 83.3 Å². The zero-order valence-electron chi connectivity index (χ0n) is 14.2. The van der Waals surface area contributed by atoms with Crippen LogP contribution in [0.1, 0.15) is 16.1 Å². The van der Waals surface area contributed by atoms with Gasteiger partial charge < -0.3 is 14.5 Å². The maximum absolute atomic E-state index is 12.4. The number of hydrogen-bond donors (Lipinski definition) is 1. The molecule has 4 rings (SSSR count). The normalized spacial score (nSPS) is 10.7. The largest absolute Gasteiger partial charge is 0.457 e. The third-order valence-electron chi connectivity index (χ3n) is 4.02. The lowest BCUT2D eigenvalue weighted by molar-refractivity contribution is 0.0998. The summed E-state index contributed by atoms with van der Waals surface area (Å²) >= 11 is 0. The molecule has 0 unspecified atom stereocenters. The first-order valence-electron chi connectivity index (χ1n) is 8.32. The smallest absolute Gasteiger partial charge is 0.291 e. The Morgan fingerprint density at radius 2 is 1.54 bits per heavy atom. The predicted molar refractivity (Wildman–Crippen MR) is 102 cm³/mol. The van der Waals surface area contributed by atoms with Crippen molar-refractivity contribution in [3.63, 3.8) is 0 Å². The molecule has 0 aliphatic rings. The number of benzene rings is 3. The van der Waals surface area contributed by atoms with Gasteiger partial charge in [0.25, 0.3) is 5.91 Å². The number of hydrogen-bond acceptors (Lipinski definition) is 3. The molecule has 0 saturated heterocycles. The van der Waals surface area contributed by atoms with Crippen molar-refractivity contribution in [1.29, 1.82) is 0 Å². The average Bonchev–Trinajstić information content (AvgIpc) is 3.10. The number of carbonyl (C=O) groups excluding carboxylic acids is 1. The molecule has 1 amide bonds.